The minimum Gasteiger partial charge on any atom is -0.399 e. The van der Waals surface area contributed by atoms with Crippen molar-refractivity contribution in [2.75, 3.05) is 16.6 Å². The van der Waals surface area contributed by atoms with Gasteiger partial charge in [-0.15, -0.1) is 0 Å². The monoisotopic (exact) mass is 256 g/mol. The normalized spacial score (nSPS) is 11.8. The highest BCUT2D eigenvalue weighted by molar-refractivity contribution is 7.93. The van der Waals surface area contributed by atoms with E-state index in [-0.39, 0.29) is 0 Å². The molecule has 0 aromatic heterocycles. The maximum absolute atomic E-state index is 12.2. The molecule has 0 atom stereocenters. The smallest absolute Gasteiger partial charge is 0.237 e. The second-order valence-electron chi connectivity index (χ2n) is 4.26. The van der Waals surface area contributed by atoms with Crippen LogP contribution in [0.4, 0.5) is 11.4 Å². The topological polar surface area (TPSA) is 63.4 Å². The summed E-state index contributed by atoms with van der Waals surface area (Å²) in [6.07, 6.45) is 0.765. The molecule has 0 aliphatic rings. The van der Waals surface area contributed by atoms with Crippen molar-refractivity contribution in [2.45, 2.75) is 32.4 Å². The molecule has 0 unspecified atom stereocenters. The van der Waals surface area contributed by atoms with Gasteiger partial charge in [0.2, 0.25) is 10.0 Å². The fourth-order valence-electron chi connectivity index (χ4n) is 1.54. The number of anilines is 2. The van der Waals surface area contributed by atoms with Gasteiger partial charge in [0.15, 0.2) is 0 Å². The molecular formula is C12H20N2O2S. The maximum Gasteiger partial charge on any atom is 0.237 e. The van der Waals surface area contributed by atoms with Gasteiger partial charge >= 0.3 is 0 Å². The zero-order valence-corrected chi connectivity index (χ0v) is 11.4. The molecule has 0 aliphatic heterocycles. The molecule has 1 aromatic carbocycles. The first-order valence-corrected chi connectivity index (χ1v) is 7.27. The number of hydrogen-bond donors (Lipinski definition) is 1. The Balaban J connectivity index is 3.19. The van der Waals surface area contributed by atoms with Crippen LogP contribution in [0.3, 0.4) is 0 Å². The van der Waals surface area contributed by atoms with Gasteiger partial charge in [0.1, 0.15) is 0 Å². The summed E-state index contributed by atoms with van der Waals surface area (Å²) in [7, 11) is -3.29. The van der Waals surface area contributed by atoms with E-state index in [2.05, 4.69) is 0 Å². The molecule has 0 radical (unpaired) electrons. The summed E-state index contributed by atoms with van der Waals surface area (Å²) in [5.74, 6) is 0. The zero-order valence-electron chi connectivity index (χ0n) is 10.6. The fourth-order valence-corrected chi connectivity index (χ4v) is 2.89. The molecular weight excluding hydrogens is 236 g/mol. The van der Waals surface area contributed by atoms with E-state index < -0.39 is 15.3 Å². The Morgan fingerprint density at radius 2 is 2.00 bits per heavy atom. The summed E-state index contributed by atoms with van der Waals surface area (Å²) < 4.78 is 25.9. The van der Waals surface area contributed by atoms with Gasteiger partial charge in [-0.25, -0.2) is 8.42 Å². The van der Waals surface area contributed by atoms with Crippen LogP contribution in [0.2, 0.25) is 0 Å². The van der Waals surface area contributed by atoms with Crippen LogP contribution >= 0.6 is 0 Å². The Labute approximate surface area is 103 Å². The number of nitrogen functional groups attached to an aromatic ring is 1. The highest BCUT2D eigenvalue weighted by atomic mass is 32.2. The molecule has 0 saturated heterocycles. The van der Waals surface area contributed by atoms with Crippen LogP contribution in [-0.4, -0.2) is 20.2 Å². The second-order valence-corrected chi connectivity index (χ2v) is 6.67. The summed E-state index contributed by atoms with van der Waals surface area (Å²) in [6, 6.07) is 6.97. The second kappa shape index (κ2) is 5.40. The lowest BCUT2D eigenvalue weighted by molar-refractivity contribution is 0.581. The fraction of sp³-hybridized carbons (Fsp3) is 0.500. The lowest BCUT2D eigenvalue weighted by Crippen LogP contribution is -2.37. The van der Waals surface area contributed by atoms with Gasteiger partial charge in [-0.1, -0.05) is 13.0 Å². The van der Waals surface area contributed by atoms with Crippen molar-refractivity contribution in [1.29, 1.82) is 0 Å². The summed E-state index contributed by atoms with van der Waals surface area (Å²) >= 11 is 0. The first-order valence-electron chi connectivity index (χ1n) is 5.76. The molecule has 0 aliphatic carbocycles. The molecule has 2 N–H and O–H groups in total. The minimum absolute atomic E-state index is 0.435. The molecule has 0 bridgehead atoms. The third-order valence-corrected chi connectivity index (χ3v) is 4.69. The Morgan fingerprint density at radius 3 is 2.47 bits per heavy atom. The van der Waals surface area contributed by atoms with Crippen LogP contribution in [0.25, 0.3) is 0 Å². The average Bonchev–Trinajstić information content (AvgIpc) is 2.25. The van der Waals surface area contributed by atoms with Gasteiger partial charge in [0.25, 0.3) is 0 Å². The van der Waals surface area contributed by atoms with E-state index >= 15 is 0 Å². The molecule has 1 aromatic rings. The molecule has 0 saturated carbocycles. The molecule has 0 fully saturated rings. The third-order valence-electron chi connectivity index (χ3n) is 2.49. The predicted octanol–water partition coefficient (Wildman–Crippen LogP) is 2.22. The summed E-state index contributed by atoms with van der Waals surface area (Å²) in [4.78, 5) is 0. The SMILES string of the molecule is CCCN(c1cccc(N)c1)S(=O)(=O)C(C)C. The van der Waals surface area contributed by atoms with Gasteiger partial charge in [-0.05, 0) is 38.5 Å². The quantitative estimate of drug-likeness (QED) is 0.822. The molecule has 4 nitrogen and oxygen atoms in total. The minimum atomic E-state index is -3.29. The van der Waals surface area contributed by atoms with Crippen molar-refractivity contribution < 1.29 is 8.42 Å². The Bertz CT molecular complexity index is 469. The van der Waals surface area contributed by atoms with Crippen LogP contribution in [0.1, 0.15) is 27.2 Å². The highest BCUT2D eigenvalue weighted by Crippen LogP contribution is 2.23. The highest BCUT2D eigenvalue weighted by Gasteiger charge is 2.25. The first-order chi connectivity index (χ1) is 7.89. The number of nitrogens with zero attached hydrogens (tertiary/aromatic N) is 1. The zero-order chi connectivity index (χ0) is 13.1. The molecule has 0 heterocycles. The van der Waals surface area contributed by atoms with Gasteiger partial charge in [0.05, 0.1) is 10.9 Å². The van der Waals surface area contributed by atoms with Crippen LogP contribution in [0, 0.1) is 0 Å². The van der Waals surface area contributed by atoms with Crippen molar-refractivity contribution in [2.24, 2.45) is 0 Å². The number of benzene rings is 1. The van der Waals surface area contributed by atoms with Crippen LogP contribution in [0.5, 0.6) is 0 Å². The molecule has 5 heteroatoms. The van der Waals surface area contributed by atoms with Crippen molar-refractivity contribution >= 4 is 21.4 Å². The predicted molar refractivity (Wildman–Crippen MR) is 72.5 cm³/mol. The van der Waals surface area contributed by atoms with E-state index in [9.17, 15) is 8.42 Å². The van der Waals surface area contributed by atoms with Crippen molar-refractivity contribution in [3.63, 3.8) is 0 Å². The van der Waals surface area contributed by atoms with Gasteiger partial charge in [-0.3, -0.25) is 4.31 Å². The Morgan fingerprint density at radius 1 is 1.35 bits per heavy atom. The average molecular weight is 256 g/mol. The van der Waals surface area contributed by atoms with E-state index in [0.29, 0.717) is 17.9 Å². The standard InChI is InChI=1S/C12H20N2O2S/c1-4-8-14(17(15,16)10(2)3)12-7-5-6-11(13)9-12/h5-7,9-10H,4,8,13H2,1-3H3. The van der Waals surface area contributed by atoms with E-state index in [1.54, 1.807) is 38.1 Å². The van der Waals surface area contributed by atoms with E-state index in [0.717, 1.165) is 6.42 Å². The largest absolute Gasteiger partial charge is 0.399 e. The summed E-state index contributed by atoms with van der Waals surface area (Å²) in [5.41, 5.74) is 6.90. The molecule has 0 amide bonds. The van der Waals surface area contributed by atoms with Crippen molar-refractivity contribution in [3.05, 3.63) is 24.3 Å². The Hall–Kier alpha value is -1.23. The van der Waals surface area contributed by atoms with E-state index in [1.165, 1.54) is 4.31 Å². The molecule has 1 rings (SSSR count). The van der Waals surface area contributed by atoms with Gasteiger partial charge < -0.3 is 5.73 Å². The lowest BCUT2D eigenvalue weighted by Gasteiger charge is -2.26. The van der Waals surface area contributed by atoms with Crippen molar-refractivity contribution in [1.82, 2.24) is 0 Å². The number of sulfonamides is 1. The molecule has 96 valence electrons. The Kier molecular flexibility index (Phi) is 4.40. The number of nitrogens with two attached hydrogens (primary N) is 1. The third kappa shape index (κ3) is 3.12. The van der Waals surface area contributed by atoms with Gasteiger partial charge in [-0.2, -0.15) is 0 Å². The van der Waals surface area contributed by atoms with Crippen LogP contribution in [0.15, 0.2) is 24.3 Å². The van der Waals surface area contributed by atoms with E-state index in [1.807, 2.05) is 6.92 Å². The molecule has 17 heavy (non-hydrogen) atoms. The number of rotatable bonds is 5. The maximum atomic E-state index is 12.2. The van der Waals surface area contributed by atoms with E-state index in [4.69, 9.17) is 5.73 Å². The first kappa shape index (κ1) is 13.8. The van der Waals surface area contributed by atoms with Crippen molar-refractivity contribution in [3.8, 4) is 0 Å². The van der Waals surface area contributed by atoms with Crippen LogP contribution < -0.4 is 10.0 Å². The van der Waals surface area contributed by atoms with Gasteiger partial charge in [0, 0.05) is 12.2 Å². The summed E-state index contributed by atoms with van der Waals surface area (Å²) in [5, 5.41) is -0.435. The summed E-state index contributed by atoms with van der Waals surface area (Å²) in [6.45, 7) is 5.80. The number of hydrogen-bond acceptors (Lipinski definition) is 3. The lowest BCUT2D eigenvalue weighted by atomic mass is 10.3. The van der Waals surface area contributed by atoms with Crippen LogP contribution in [-0.2, 0) is 10.0 Å². The molecule has 0 spiro atoms.